The molecule has 31 heavy (non-hydrogen) atoms. The fraction of sp³-hybridized carbons (Fsp3) is 0.360. The molecule has 2 amide bonds. The van der Waals surface area contributed by atoms with Gasteiger partial charge in [0.05, 0.1) is 25.3 Å². The summed E-state index contributed by atoms with van der Waals surface area (Å²) in [5, 5.41) is 1.99. The van der Waals surface area contributed by atoms with Crippen LogP contribution in [0.2, 0.25) is 0 Å². The molecule has 1 saturated heterocycles. The Hall–Kier alpha value is -3.12. The van der Waals surface area contributed by atoms with Crippen molar-refractivity contribution in [2.75, 3.05) is 33.4 Å². The third-order valence-corrected chi connectivity index (χ3v) is 5.88. The molecule has 162 valence electrons. The number of methoxy groups -OCH3 is 1. The molecule has 0 spiro atoms. The van der Waals surface area contributed by atoms with Crippen LogP contribution >= 0.6 is 0 Å². The summed E-state index contributed by atoms with van der Waals surface area (Å²) >= 11 is 0. The van der Waals surface area contributed by atoms with Crippen LogP contribution in [0.1, 0.15) is 29.0 Å². The van der Waals surface area contributed by atoms with E-state index in [0.29, 0.717) is 38.3 Å². The molecule has 1 aliphatic rings. The van der Waals surface area contributed by atoms with E-state index in [-0.39, 0.29) is 17.7 Å². The van der Waals surface area contributed by atoms with E-state index in [2.05, 4.69) is 0 Å². The summed E-state index contributed by atoms with van der Waals surface area (Å²) in [6.07, 6.45) is 3.20. The molecule has 0 bridgehead atoms. The van der Waals surface area contributed by atoms with E-state index in [1.54, 1.807) is 18.3 Å². The number of amides is 2. The SMILES string of the molecule is COCCN(Cc1ccco1)C(=O)C1CCCN(C(=O)c2cccc3ccccc23)C1. The Bertz CT molecular complexity index is 1030. The second-order valence-corrected chi connectivity index (χ2v) is 7.95. The fourth-order valence-electron chi connectivity index (χ4n) is 4.26. The lowest BCUT2D eigenvalue weighted by Crippen LogP contribution is -2.47. The first-order valence-electron chi connectivity index (χ1n) is 10.7. The van der Waals surface area contributed by atoms with Crippen molar-refractivity contribution in [3.8, 4) is 0 Å². The molecule has 0 saturated carbocycles. The maximum atomic E-state index is 13.3. The number of rotatable bonds is 7. The van der Waals surface area contributed by atoms with E-state index >= 15 is 0 Å². The van der Waals surface area contributed by atoms with Crippen LogP contribution in [0.4, 0.5) is 0 Å². The van der Waals surface area contributed by atoms with Crippen LogP contribution in [0, 0.1) is 5.92 Å². The molecule has 4 rings (SSSR count). The molecule has 2 aromatic carbocycles. The molecule has 0 aliphatic carbocycles. The van der Waals surface area contributed by atoms with Gasteiger partial charge >= 0.3 is 0 Å². The summed E-state index contributed by atoms with van der Waals surface area (Å²) in [7, 11) is 1.63. The van der Waals surface area contributed by atoms with E-state index < -0.39 is 0 Å². The maximum absolute atomic E-state index is 13.3. The van der Waals surface area contributed by atoms with Gasteiger partial charge < -0.3 is 19.0 Å². The average molecular weight is 421 g/mol. The van der Waals surface area contributed by atoms with Crippen molar-refractivity contribution in [3.63, 3.8) is 0 Å². The third kappa shape index (κ3) is 4.80. The minimum atomic E-state index is -0.223. The summed E-state index contributed by atoms with van der Waals surface area (Å²) < 4.78 is 10.6. The molecule has 1 atom stereocenters. The second kappa shape index (κ2) is 9.79. The predicted octanol–water partition coefficient (Wildman–Crippen LogP) is 3.96. The van der Waals surface area contributed by atoms with Crippen LogP contribution in [0.5, 0.6) is 0 Å². The number of likely N-dealkylation sites (tertiary alicyclic amines) is 1. The molecule has 6 heteroatoms. The summed E-state index contributed by atoms with van der Waals surface area (Å²) in [6.45, 7) is 2.45. The van der Waals surface area contributed by atoms with E-state index in [0.717, 1.165) is 29.4 Å². The Morgan fingerprint density at radius 1 is 1.13 bits per heavy atom. The van der Waals surface area contributed by atoms with E-state index in [1.807, 2.05) is 59.5 Å². The lowest BCUT2D eigenvalue weighted by Gasteiger charge is -2.35. The maximum Gasteiger partial charge on any atom is 0.254 e. The number of furan rings is 1. The van der Waals surface area contributed by atoms with Crippen molar-refractivity contribution in [1.82, 2.24) is 9.80 Å². The van der Waals surface area contributed by atoms with Gasteiger partial charge in [0, 0.05) is 32.3 Å². The highest BCUT2D eigenvalue weighted by atomic mass is 16.5. The van der Waals surface area contributed by atoms with Gasteiger partial charge in [0.25, 0.3) is 5.91 Å². The number of ether oxygens (including phenoxy) is 1. The molecule has 2 heterocycles. The van der Waals surface area contributed by atoms with Gasteiger partial charge in [-0.15, -0.1) is 0 Å². The van der Waals surface area contributed by atoms with Crippen molar-refractivity contribution in [2.24, 2.45) is 5.92 Å². The van der Waals surface area contributed by atoms with Crippen LogP contribution < -0.4 is 0 Å². The van der Waals surface area contributed by atoms with E-state index in [4.69, 9.17) is 9.15 Å². The molecule has 1 fully saturated rings. The summed E-state index contributed by atoms with van der Waals surface area (Å²) in [4.78, 5) is 30.3. The first-order chi connectivity index (χ1) is 15.2. The highest BCUT2D eigenvalue weighted by Crippen LogP contribution is 2.25. The highest BCUT2D eigenvalue weighted by Gasteiger charge is 2.32. The molecule has 1 aliphatic heterocycles. The average Bonchev–Trinajstić information content (AvgIpc) is 3.34. The van der Waals surface area contributed by atoms with E-state index in [9.17, 15) is 9.59 Å². The van der Waals surface area contributed by atoms with Crippen LogP contribution in [0.3, 0.4) is 0 Å². The van der Waals surface area contributed by atoms with Gasteiger partial charge in [-0.05, 0) is 41.8 Å². The van der Waals surface area contributed by atoms with Crippen molar-refractivity contribution < 1.29 is 18.7 Å². The normalized spacial score (nSPS) is 16.4. The topological polar surface area (TPSA) is 63.0 Å². The number of nitrogens with zero attached hydrogens (tertiary/aromatic N) is 2. The van der Waals surface area contributed by atoms with Crippen molar-refractivity contribution in [1.29, 1.82) is 0 Å². The smallest absolute Gasteiger partial charge is 0.254 e. The largest absolute Gasteiger partial charge is 0.467 e. The van der Waals surface area contributed by atoms with Crippen LogP contribution in [-0.4, -0.2) is 55.0 Å². The zero-order chi connectivity index (χ0) is 21.6. The van der Waals surface area contributed by atoms with Gasteiger partial charge in [0.1, 0.15) is 5.76 Å². The molecule has 0 radical (unpaired) electrons. The number of hydrogen-bond acceptors (Lipinski definition) is 4. The predicted molar refractivity (Wildman–Crippen MR) is 119 cm³/mol. The van der Waals surface area contributed by atoms with Crippen LogP contribution in [0.15, 0.2) is 65.3 Å². The lowest BCUT2D eigenvalue weighted by atomic mass is 9.95. The van der Waals surface area contributed by atoms with Gasteiger partial charge in [-0.3, -0.25) is 9.59 Å². The number of carbonyl (C=O) groups is 2. The quantitative estimate of drug-likeness (QED) is 0.580. The Morgan fingerprint density at radius 3 is 2.77 bits per heavy atom. The fourth-order valence-corrected chi connectivity index (χ4v) is 4.26. The van der Waals surface area contributed by atoms with Gasteiger partial charge in [0.15, 0.2) is 0 Å². The summed E-state index contributed by atoms with van der Waals surface area (Å²) in [5.41, 5.74) is 0.693. The first-order valence-corrected chi connectivity index (χ1v) is 10.7. The number of benzene rings is 2. The molecule has 1 unspecified atom stereocenters. The summed E-state index contributed by atoms with van der Waals surface area (Å²) in [5.74, 6) is 0.552. The summed E-state index contributed by atoms with van der Waals surface area (Å²) in [6, 6.07) is 17.4. The molecule has 1 aromatic heterocycles. The number of carbonyl (C=O) groups excluding carboxylic acids is 2. The number of piperidine rings is 1. The minimum Gasteiger partial charge on any atom is -0.467 e. The number of fused-ring (bicyclic) bond motifs is 1. The molecular formula is C25H28N2O4. The van der Waals surface area contributed by atoms with Gasteiger partial charge in [-0.2, -0.15) is 0 Å². The lowest BCUT2D eigenvalue weighted by molar-refractivity contribution is -0.138. The zero-order valence-electron chi connectivity index (χ0n) is 17.8. The Labute approximate surface area is 182 Å². The molecule has 3 aromatic rings. The number of hydrogen-bond donors (Lipinski definition) is 0. The Kier molecular flexibility index (Phi) is 6.67. The standard InChI is InChI=1S/C25H28N2O4/c1-30-16-14-27(18-21-10-6-15-31-21)24(28)20-9-5-13-26(17-20)25(29)23-12-4-8-19-7-2-3-11-22(19)23/h2-4,6-8,10-12,15,20H,5,9,13-14,16-18H2,1H3. The second-order valence-electron chi connectivity index (χ2n) is 7.95. The van der Waals surface area contributed by atoms with Crippen LogP contribution in [0.25, 0.3) is 10.8 Å². The molecule has 0 N–H and O–H groups in total. The highest BCUT2D eigenvalue weighted by molar-refractivity contribution is 6.07. The van der Waals surface area contributed by atoms with Crippen molar-refractivity contribution in [2.45, 2.75) is 19.4 Å². The zero-order valence-corrected chi connectivity index (χ0v) is 17.8. The van der Waals surface area contributed by atoms with Gasteiger partial charge in [-0.25, -0.2) is 0 Å². The van der Waals surface area contributed by atoms with Gasteiger partial charge in [0.2, 0.25) is 5.91 Å². The Balaban J connectivity index is 1.50. The monoisotopic (exact) mass is 420 g/mol. The van der Waals surface area contributed by atoms with E-state index in [1.165, 1.54) is 0 Å². The minimum absolute atomic E-state index is 0.0104. The van der Waals surface area contributed by atoms with Crippen molar-refractivity contribution in [3.05, 3.63) is 72.2 Å². The Morgan fingerprint density at radius 2 is 1.97 bits per heavy atom. The van der Waals surface area contributed by atoms with Crippen LogP contribution in [-0.2, 0) is 16.1 Å². The third-order valence-electron chi connectivity index (χ3n) is 5.88. The molecular weight excluding hydrogens is 392 g/mol. The first kappa shape index (κ1) is 21.1. The van der Waals surface area contributed by atoms with Gasteiger partial charge in [-0.1, -0.05) is 36.4 Å². The molecule has 6 nitrogen and oxygen atoms in total. The van der Waals surface area contributed by atoms with Crippen molar-refractivity contribution >= 4 is 22.6 Å².